The van der Waals surface area contributed by atoms with Crippen LogP contribution < -0.4 is 15.4 Å². The second-order valence-electron chi connectivity index (χ2n) is 8.65. The van der Waals surface area contributed by atoms with Crippen LogP contribution in [0.15, 0.2) is 30.7 Å². The zero-order valence-corrected chi connectivity index (χ0v) is 17.9. The van der Waals surface area contributed by atoms with Crippen LogP contribution in [0.1, 0.15) is 21.6 Å². The molecule has 0 aromatic carbocycles. The van der Waals surface area contributed by atoms with Gasteiger partial charge in [0.25, 0.3) is 5.91 Å². The molecule has 3 aromatic heterocycles. The van der Waals surface area contributed by atoms with Crippen molar-refractivity contribution in [3.8, 4) is 28.3 Å². The highest BCUT2D eigenvalue weighted by atomic mass is 16.5. The SMILES string of the molecule is COCCOc1cncc(-c2cc3c(cn2)CCc2c-3nn3c2C(=O)NC2(CNC2)C3)c1. The van der Waals surface area contributed by atoms with Crippen LogP contribution >= 0.6 is 0 Å². The Balaban J connectivity index is 1.37. The molecule has 1 spiro atoms. The van der Waals surface area contributed by atoms with E-state index in [9.17, 15) is 4.79 Å². The molecule has 0 unspecified atom stereocenters. The third kappa shape index (κ3) is 3.08. The van der Waals surface area contributed by atoms with Gasteiger partial charge in [-0.2, -0.15) is 5.10 Å². The Morgan fingerprint density at radius 1 is 1.16 bits per heavy atom. The van der Waals surface area contributed by atoms with Gasteiger partial charge in [0, 0.05) is 49.3 Å². The number of methoxy groups -OCH3 is 1. The average Bonchev–Trinajstić information content (AvgIpc) is 3.17. The number of hydrogen-bond donors (Lipinski definition) is 2. The predicted octanol–water partition coefficient (Wildman–Crippen LogP) is 1.22. The van der Waals surface area contributed by atoms with Gasteiger partial charge >= 0.3 is 0 Å². The monoisotopic (exact) mass is 432 g/mol. The third-order valence-electron chi connectivity index (χ3n) is 6.47. The van der Waals surface area contributed by atoms with Gasteiger partial charge in [0.05, 0.1) is 36.3 Å². The van der Waals surface area contributed by atoms with E-state index in [1.165, 1.54) is 0 Å². The largest absolute Gasteiger partial charge is 0.490 e. The number of aryl methyl sites for hydroxylation is 1. The first-order valence-electron chi connectivity index (χ1n) is 10.9. The normalized spacial score (nSPS) is 17.7. The molecular formula is C23H24N6O3. The second-order valence-corrected chi connectivity index (χ2v) is 8.65. The molecule has 1 amide bonds. The van der Waals surface area contributed by atoms with E-state index >= 15 is 0 Å². The Labute approximate surface area is 185 Å². The van der Waals surface area contributed by atoms with Crippen molar-refractivity contribution in [1.29, 1.82) is 0 Å². The minimum atomic E-state index is -0.208. The van der Waals surface area contributed by atoms with Gasteiger partial charge < -0.3 is 20.1 Å². The number of carbonyl (C=O) groups is 1. The topological polar surface area (TPSA) is 103 Å². The minimum absolute atomic E-state index is 0.0191. The van der Waals surface area contributed by atoms with Crippen LogP contribution in [0.2, 0.25) is 0 Å². The summed E-state index contributed by atoms with van der Waals surface area (Å²) in [6, 6.07) is 3.99. The lowest BCUT2D eigenvalue weighted by molar-refractivity contribution is 0.0751. The quantitative estimate of drug-likeness (QED) is 0.584. The van der Waals surface area contributed by atoms with Crippen molar-refractivity contribution in [2.45, 2.75) is 24.9 Å². The molecular weight excluding hydrogens is 408 g/mol. The lowest BCUT2D eigenvalue weighted by Crippen LogP contribution is -2.72. The van der Waals surface area contributed by atoms with Gasteiger partial charge in [-0.1, -0.05) is 0 Å². The fourth-order valence-corrected chi connectivity index (χ4v) is 4.78. The first kappa shape index (κ1) is 19.4. The Morgan fingerprint density at radius 2 is 2.06 bits per heavy atom. The molecule has 1 fully saturated rings. The number of fused-ring (bicyclic) bond motifs is 5. The van der Waals surface area contributed by atoms with E-state index in [0.717, 1.165) is 59.6 Å². The zero-order valence-electron chi connectivity index (χ0n) is 17.9. The van der Waals surface area contributed by atoms with E-state index < -0.39 is 0 Å². The summed E-state index contributed by atoms with van der Waals surface area (Å²) in [5.41, 5.74) is 6.29. The summed E-state index contributed by atoms with van der Waals surface area (Å²) < 4.78 is 12.6. The predicted molar refractivity (Wildman–Crippen MR) is 117 cm³/mol. The molecule has 5 heterocycles. The molecule has 32 heavy (non-hydrogen) atoms. The average molecular weight is 432 g/mol. The zero-order chi connectivity index (χ0) is 21.7. The van der Waals surface area contributed by atoms with Crippen molar-refractivity contribution in [2.24, 2.45) is 0 Å². The number of hydrogen-bond acceptors (Lipinski definition) is 7. The summed E-state index contributed by atoms with van der Waals surface area (Å²) in [5.74, 6) is 0.655. The van der Waals surface area contributed by atoms with E-state index in [4.69, 9.17) is 14.6 Å². The Hall–Kier alpha value is -3.30. The van der Waals surface area contributed by atoms with Crippen molar-refractivity contribution in [3.05, 3.63) is 47.5 Å². The van der Waals surface area contributed by atoms with Gasteiger partial charge in [0.2, 0.25) is 0 Å². The molecule has 3 aliphatic rings. The van der Waals surface area contributed by atoms with E-state index in [-0.39, 0.29) is 11.4 Å². The molecule has 2 N–H and O–H groups in total. The molecule has 0 atom stereocenters. The molecule has 1 saturated heterocycles. The van der Waals surface area contributed by atoms with Gasteiger partial charge in [-0.05, 0) is 30.5 Å². The lowest BCUT2D eigenvalue weighted by atomic mass is 9.87. The molecule has 0 saturated carbocycles. The maximum atomic E-state index is 12.9. The molecule has 1 aliphatic carbocycles. The summed E-state index contributed by atoms with van der Waals surface area (Å²) in [5, 5.41) is 11.4. The number of pyridine rings is 2. The summed E-state index contributed by atoms with van der Waals surface area (Å²) in [6.07, 6.45) is 7.01. The first-order valence-corrected chi connectivity index (χ1v) is 10.9. The van der Waals surface area contributed by atoms with Crippen molar-refractivity contribution in [3.63, 3.8) is 0 Å². The first-order chi connectivity index (χ1) is 15.7. The smallest absolute Gasteiger partial charge is 0.270 e. The maximum absolute atomic E-state index is 12.9. The third-order valence-corrected chi connectivity index (χ3v) is 6.47. The molecule has 3 aromatic rings. The van der Waals surface area contributed by atoms with Gasteiger partial charge in [-0.3, -0.25) is 19.4 Å². The Bertz CT molecular complexity index is 1220. The number of nitrogens with one attached hydrogen (secondary N) is 2. The van der Waals surface area contributed by atoms with Crippen molar-refractivity contribution in [2.75, 3.05) is 33.4 Å². The van der Waals surface area contributed by atoms with Crippen molar-refractivity contribution in [1.82, 2.24) is 30.4 Å². The number of carbonyl (C=O) groups excluding carboxylic acids is 1. The van der Waals surface area contributed by atoms with Crippen LogP contribution in [0.25, 0.3) is 22.5 Å². The fraction of sp³-hybridized carbons (Fsp3) is 0.391. The lowest BCUT2D eigenvalue weighted by Gasteiger charge is -2.45. The summed E-state index contributed by atoms with van der Waals surface area (Å²) in [4.78, 5) is 21.9. The second kappa shape index (κ2) is 7.39. The van der Waals surface area contributed by atoms with Crippen molar-refractivity contribution >= 4 is 5.91 Å². The van der Waals surface area contributed by atoms with Crippen LogP contribution in [0.4, 0.5) is 0 Å². The minimum Gasteiger partial charge on any atom is -0.490 e. The van der Waals surface area contributed by atoms with Crippen LogP contribution in [-0.4, -0.2) is 64.6 Å². The van der Waals surface area contributed by atoms with Gasteiger partial charge in [0.15, 0.2) is 0 Å². The fourth-order valence-electron chi connectivity index (χ4n) is 4.78. The van der Waals surface area contributed by atoms with E-state index in [1.807, 2.05) is 16.9 Å². The summed E-state index contributed by atoms with van der Waals surface area (Å²) in [7, 11) is 1.64. The number of nitrogens with zero attached hydrogens (tertiary/aromatic N) is 4. The van der Waals surface area contributed by atoms with Gasteiger partial charge in [-0.25, -0.2) is 0 Å². The maximum Gasteiger partial charge on any atom is 0.270 e. The van der Waals surface area contributed by atoms with Crippen LogP contribution in [0.5, 0.6) is 5.75 Å². The van der Waals surface area contributed by atoms with Crippen LogP contribution in [0, 0.1) is 0 Å². The highest BCUT2D eigenvalue weighted by Gasteiger charge is 2.45. The van der Waals surface area contributed by atoms with E-state index in [1.54, 1.807) is 19.5 Å². The Morgan fingerprint density at radius 3 is 2.88 bits per heavy atom. The van der Waals surface area contributed by atoms with E-state index in [0.29, 0.717) is 31.2 Å². The summed E-state index contributed by atoms with van der Waals surface area (Å²) >= 11 is 0. The van der Waals surface area contributed by atoms with Crippen LogP contribution in [0.3, 0.4) is 0 Å². The van der Waals surface area contributed by atoms with Crippen LogP contribution in [-0.2, 0) is 24.1 Å². The van der Waals surface area contributed by atoms with E-state index in [2.05, 4.69) is 26.7 Å². The molecule has 0 radical (unpaired) electrons. The molecule has 6 rings (SSSR count). The standard InChI is InChI=1S/C23H24N6O3/c1-31-4-5-32-16-6-15(8-24-10-16)19-7-18-14(9-26-19)2-3-17-20(18)28-29-13-23(11-25-12-23)27-22(30)21(17)29/h6-10,25H,2-5,11-13H2,1H3,(H,27,30). The van der Waals surface area contributed by atoms with Gasteiger partial charge in [0.1, 0.15) is 18.1 Å². The Kier molecular flexibility index (Phi) is 4.48. The number of ether oxygens (including phenoxy) is 2. The number of rotatable bonds is 5. The molecule has 9 nitrogen and oxygen atoms in total. The summed E-state index contributed by atoms with van der Waals surface area (Å²) in [6.45, 7) is 3.24. The molecule has 164 valence electrons. The van der Waals surface area contributed by atoms with Gasteiger partial charge in [-0.15, -0.1) is 0 Å². The molecule has 0 bridgehead atoms. The highest BCUT2D eigenvalue weighted by Crippen LogP contribution is 2.38. The highest BCUT2D eigenvalue weighted by molar-refractivity contribution is 5.97. The number of amides is 1. The molecule has 9 heteroatoms. The van der Waals surface area contributed by atoms with Crippen molar-refractivity contribution < 1.29 is 14.3 Å². The molecule has 2 aliphatic heterocycles. The number of aromatic nitrogens is 4.